The average Bonchev–Trinajstić information content (AvgIpc) is 2.76. The van der Waals surface area contributed by atoms with Crippen LogP contribution in [0.4, 0.5) is 8.78 Å². The maximum atomic E-state index is 15.1. The molecule has 1 aromatic carbocycles. The van der Waals surface area contributed by atoms with E-state index < -0.39 is 36.1 Å². The number of H-pyrrole nitrogens is 1. The number of nitrogens with one attached hydrogen (secondary N) is 1. The predicted octanol–water partition coefficient (Wildman–Crippen LogP) is 3.45. The van der Waals surface area contributed by atoms with Gasteiger partial charge in [0.05, 0.1) is 17.4 Å². The maximum Gasteiger partial charge on any atom is 0.270 e. The van der Waals surface area contributed by atoms with Crippen LogP contribution in [0.15, 0.2) is 41.3 Å². The third-order valence-corrected chi connectivity index (χ3v) is 4.75. The molecule has 0 saturated carbocycles. The van der Waals surface area contributed by atoms with Crippen LogP contribution in [-0.4, -0.2) is 32.9 Å². The minimum Gasteiger partial charge on any atom is -0.317 e. The third kappa shape index (κ3) is 3.57. The summed E-state index contributed by atoms with van der Waals surface area (Å²) in [4.78, 5) is 24.5. The third-order valence-electron chi connectivity index (χ3n) is 4.75. The molecule has 1 N–H and O–H groups in total. The Labute approximate surface area is 167 Å². The Morgan fingerprint density at radius 1 is 1.32 bits per heavy atom. The zero-order chi connectivity index (χ0) is 24.0. The molecule has 1 aliphatic rings. The molecule has 0 aliphatic carbocycles. The molecule has 0 fully saturated rings. The van der Waals surface area contributed by atoms with Crippen LogP contribution in [0.1, 0.15) is 37.1 Å². The van der Waals surface area contributed by atoms with Crippen molar-refractivity contribution in [1.82, 2.24) is 19.9 Å². The van der Waals surface area contributed by atoms with Crippen LogP contribution >= 0.6 is 0 Å². The van der Waals surface area contributed by atoms with Gasteiger partial charge in [-0.15, -0.1) is 0 Å². The second-order valence-electron chi connectivity index (χ2n) is 6.55. The Balaban J connectivity index is 1.57. The summed E-state index contributed by atoms with van der Waals surface area (Å²) in [7, 11) is 0. The molecule has 28 heavy (non-hydrogen) atoms. The Morgan fingerprint density at radius 2 is 2.21 bits per heavy atom. The van der Waals surface area contributed by atoms with Gasteiger partial charge in [0.25, 0.3) is 5.56 Å². The van der Waals surface area contributed by atoms with Gasteiger partial charge in [-0.2, -0.15) is 0 Å². The van der Waals surface area contributed by atoms with E-state index in [0.717, 1.165) is 11.8 Å². The lowest BCUT2D eigenvalue weighted by Gasteiger charge is -2.26. The summed E-state index contributed by atoms with van der Waals surface area (Å²) in [5.41, 5.74) is -0.154. The van der Waals surface area contributed by atoms with Crippen LogP contribution in [0, 0.1) is 11.6 Å². The smallest absolute Gasteiger partial charge is 0.270 e. The van der Waals surface area contributed by atoms with Gasteiger partial charge in [0.1, 0.15) is 17.0 Å². The number of halogens is 2. The average molecular weight is 387 g/mol. The highest BCUT2D eigenvalue weighted by molar-refractivity contribution is 5.75. The van der Waals surface area contributed by atoms with E-state index >= 15 is 4.39 Å². The molecule has 5 nitrogen and oxygen atoms in total. The molecule has 7 heteroatoms. The molecular formula is C21H20F2N4O. The van der Waals surface area contributed by atoms with Gasteiger partial charge in [-0.05, 0) is 36.6 Å². The van der Waals surface area contributed by atoms with Crippen molar-refractivity contribution in [3.63, 3.8) is 0 Å². The summed E-state index contributed by atoms with van der Waals surface area (Å²) in [6, 6.07) is 5.88. The molecule has 0 radical (unpaired) electrons. The Hall–Kier alpha value is -2.93. The van der Waals surface area contributed by atoms with Crippen molar-refractivity contribution in [2.75, 3.05) is 13.1 Å². The number of benzene rings is 1. The van der Waals surface area contributed by atoms with Gasteiger partial charge in [0.2, 0.25) is 0 Å². The van der Waals surface area contributed by atoms with E-state index in [4.69, 9.17) is 6.85 Å². The number of aromatic nitrogens is 3. The first-order valence-electron chi connectivity index (χ1n) is 11.2. The largest absolute Gasteiger partial charge is 0.317 e. The Kier molecular flexibility index (Phi) is 3.60. The number of hydrogen-bond donors (Lipinski definition) is 1. The number of hydrogen-bond acceptors (Lipinski definition) is 4. The van der Waals surface area contributed by atoms with Crippen molar-refractivity contribution >= 4 is 16.6 Å². The van der Waals surface area contributed by atoms with Gasteiger partial charge >= 0.3 is 0 Å². The minimum absolute atomic E-state index is 0.0396. The molecule has 3 heterocycles. The first kappa shape index (κ1) is 13.3. The molecule has 1 aliphatic heterocycles. The molecule has 0 unspecified atom stereocenters. The topological polar surface area (TPSA) is 61.9 Å². The molecule has 0 amide bonds. The normalized spacial score (nSPS) is 18.6. The van der Waals surface area contributed by atoms with E-state index in [1.807, 2.05) is 11.0 Å². The van der Waals surface area contributed by atoms with Crippen molar-refractivity contribution < 1.29 is 15.6 Å². The van der Waals surface area contributed by atoms with E-state index in [9.17, 15) is 9.18 Å². The van der Waals surface area contributed by atoms with E-state index in [-0.39, 0.29) is 17.6 Å². The minimum atomic E-state index is -3.11. The van der Waals surface area contributed by atoms with Gasteiger partial charge in [0.15, 0.2) is 5.82 Å². The monoisotopic (exact) mass is 387 g/mol. The summed E-state index contributed by atoms with van der Waals surface area (Å²) < 4.78 is 65.8. The highest BCUT2D eigenvalue weighted by Gasteiger charge is 2.17. The predicted molar refractivity (Wildman–Crippen MR) is 104 cm³/mol. The lowest BCUT2D eigenvalue weighted by Crippen LogP contribution is -2.28. The van der Waals surface area contributed by atoms with E-state index in [2.05, 4.69) is 15.0 Å². The second kappa shape index (κ2) is 7.59. The maximum absolute atomic E-state index is 15.1. The van der Waals surface area contributed by atoms with Crippen LogP contribution in [0.2, 0.25) is 0 Å². The van der Waals surface area contributed by atoms with Crippen molar-refractivity contribution in [3.8, 4) is 0 Å². The van der Waals surface area contributed by atoms with Crippen LogP contribution in [-0.2, 0) is 12.9 Å². The van der Waals surface area contributed by atoms with Gasteiger partial charge in [-0.1, -0.05) is 19.0 Å². The standard InChI is InChI=1S/C21H20F2N4O/c1-2-16-21(28)26-20-18(25-16)5-3-14(19(20)23)12-27-9-7-13(8-10-27)17-6-4-15(22)11-24-17/h3-7,11H,2,8-10,12H2,1H3,(H,26,28)/i1D3,2D2. The van der Waals surface area contributed by atoms with Gasteiger partial charge in [-0.3, -0.25) is 14.7 Å². The number of rotatable bonds is 4. The molecule has 0 atom stereocenters. The summed E-state index contributed by atoms with van der Waals surface area (Å²) in [6.45, 7) is -1.71. The van der Waals surface area contributed by atoms with E-state index in [1.165, 1.54) is 18.2 Å². The quantitative estimate of drug-likeness (QED) is 0.745. The first-order valence-corrected chi connectivity index (χ1v) is 8.72. The Bertz CT molecular complexity index is 1290. The van der Waals surface area contributed by atoms with Crippen molar-refractivity contribution in [1.29, 1.82) is 0 Å². The van der Waals surface area contributed by atoms with Crippen LogP contribution in [0.5, 0.6) is 0 Å². The van der Waals surface area contributed by atoms with Crippen molar-refractivity contribution in [2.24, 2.45) is 0 Å². The lowest BCUT2D eigenvalue weighted by molar-refractivity contribution is 0.289. The zero-order valence-electron chi connectivity index (χ0n) is 19.8. The van der Waals surface area contributed by atoms with Crippen molar-refractivity contribution in [3.05, 3.63) is 75.5 Å². The zero-order valence-corrected chi connectivity index (χ0v) is 14.8. The number of pyridine rings is 1. The van der Waals surface area contributed by atoms with Crippen LogP contribution in [0.25, 0.3) is 16.6 Å². The van der Waals surface area contributed by atoms with Crippen LogP contribution < -0.4 is 5.56 Å². The molecule has 144 valence electrons. The number of aryl methyl sites for hydroxylation is 1. The molecule has 0 spiro atoms. The molecule has 4 rings (SSSR count). The molecule has 2 aromatic heterocycles. The van der Waals surface area contributed by atoms with E-state index in [0.29, 0.717) is 30.8 Å². The summed E-state index contributed by atoms with van der Waals surface area (Å²) >= 11 is 0. The van der Waals surface area contributed by atoms with Crippen molar-refractivity contribution in [2.45, 2.75) is 26.2 Å². The summed E-state index contributed by atoms with van der Waals surface area (Å²) in [5.74, 6) is -1.11. The molecule has 0 bridgehead atoms. The fourth-order valence-electron chi connectivity index (χ4n) is 3.27. The second-order valence-corrected chi connectivity index (χ2v) is 6.55. The number of nitrogens with zero attached hydrogens (tertiary/aromatic N) is 3. The highest BCUT2D eigenvalue weighted by atomic mass is 19.1. The Morgan fingerprint density at radius 3 is 2.93 bits per heavy atom. The fraction of sp³-hybridized carbons (Fsp3) is 0.286. The first-order chi connectivity index (χ1) is 15.5. The van der Waals surface area contributed by atoms with Gasteiger partial charge < -0.3 is 4.98 Å². The number of fused-ring (bicyclic) bond motifs is 1. The SMILES string of the molecule is [2H]C([2H])([2H])C([2H])([2H])c1nc2ccc(CN3CC=C(c4ccc(F)cn4)CC3)c(F)c2[nH]c1=O. The summed E-state index contributed by atoms with van der Waals surface area (Å²) in [6.07, 6.45) is 0.785. The van der Waals surface area contributed by atoms with Gasteiger partial charge in [0, 0.05) is 32.1 Å². The highest BCUT2D eigenvalue weighted by Crippen LogP contribution is 2.24. The number of aromatic amines is 1. The fourth-order valence-corrected chi connectivity index (χ4v) is 3.27. The molecule has 3 aromatic rings. The van der Waals surface area contributed by atoms with Gasteiger partial charge in [-0.25, -0.2) is 13.8 Å². The van der Waals surface area contributed by atoms with E-state index in [1.54, 1.807) is 6.07 Å². The molecule has 0 saturated heterocycles. The van der Waals surface area contributed by atoms with Crippen LogP contribution in [0.3, 0.4) is 0 Å². The summed E-state index contributed by atoms with van der Waals surface area (Å²) in [5, 5.41) is 0. The molecular weight excluding hydrogens is 362 g/mol. The lowest BCUT2D eigenvalue weighted by atomic mass is 10.0.